The van der Waals surface area contributed by atoms with Gasteiger partial charge in [-0.15, -0.1) is 0 Å². The summed E-state index contributed by atoms with van der Waals surface area (Å²) in [5, 5.41) is 0. The molecule has 2 fully saturated rings. The maximum Gasteiger partial charge on any atom is 0.243 e. The van der Waals surface area contributed by atoms with Crippen LogP contribution in [0.3, 0.4) is 0 Å². The first-order chi connectivity index (χ1) is 11.1. The molecule has 5 nitrogen and oxygen atoms in total. The lowest BCUT2D eigenvalue weighted by Crippen LogP contribution is -2.44. The van der Waals surface area contributed by atoms with E-state index in [9.17, 15) is 8.42 Å². The number of aryl methyl sites for hydroxylation is 1. The van der Waals surface area contributed by atoms with Crippen molar-refractivity contribution in [1.29, 1.82) is 0 Å². The normalized spacial score (nSPS) is 22.3. The molecule has 128 valence electrons. The second kappa shape index (κ2) is 7.30. The fourth-order valence-corrected chi connectivity index (χ4v) is 4.98. The molecule has 0 aromatic heterocycles. The Balaban J connectivity index is 1.57. The zero-order chi connectivity index (χ0) is 16.3. The molecule has 0 bridgehead atoms. The van der Waals surface area contributed by atoms with Gasteiger partial charge in [-0.2, -0.15) is 4.31 Å². The molecule has 0 radical (unpaired) electrons. The number of hydrogen-bond donors (Lipinski definition) is 0. The molecule has 3 rings (SSSR count). The summed E-state index contributed by atoms with van der Waals surface area (Å²) < 4.78 is 32.5. The van der Waals surface area contributed by atoms with Gasteiger partial charge in [0.25, 0.3) is 0 Å². The standard InChI is InChI=1S/C17H26N2O3S/c1-15-3-2-4-17(13-15)23(20,21)19-7-5-16(6-8-19)14-18-9-11-22-12-10-18/h2-4,13,16H,5-12,14H2,1H3. The van der Waals surface area contributed by atoms with Crippen LogP contribution in [0, 0.1) is 12.8 Å². The molecule has 0 unspecified atom stereocenters. The summed E-state index contributed by atoms with van der Waals surface area (Å²) in [5.41, 5.74) is 0.980. The zero-order valence-corrected chi connectivity index (χ0v) is 14.6. The van der Waals surface area contributed by atoms with E-state index in [1.807, 2.05) is 19.1 Å². The minimum absolute atomic E-state index is 0.420. The van der Waals surface area contributed by atoms with E-state index in [0.717, 1.165) is 51.3 Å². The molecule has 2 heterocycles. The molecule has 23 heavy (non-hydrogen) atoms. The molecular formula is C17H26N2O3S. The Morgan fingerprint density at radius 2 is 1.83 bits per heavy atom. The van der Waals surface area contributed by atoms with E-state index in [0.29, 0.717) is 23.9 Å². The average Bonchev–Trinajstić information content (AvgIpc) is 2.56. The molecule has 6 heteroatoms. The molecule has 2 aliphatic heterocycles. The highest BCUT2D eigenvalue weighted by Gasteiger charge is 2.30. The van der Waals surface area contributed by atoms with Crippen LogP contribution >= 0.6 is 0 Å². The van der Waals surface area contributed by atoms with Crippen molar-refractivity contribution in [3.8, 4) is 0 Å². The Labute approximate surface area is 139 Å². The largest absolute Gasteiger partial charge is 0.379 e. The van der Waals surface area contributed by atoms with Crippen LogP contribution in [0.15, 0.2) is 29.2 Å². The van der Waals surface area contributed by atoms with E-state index in [-0.39, 0.29) is 0 Å². The number of ether oxygens (including phenoxy) is 1. The van der Waals surface area contributed by atoms with Gasteiger partial charge in [0.2, 0.25) is 10.0 Å². The lowest BCUT2D eigenvalue weighted by atomic mass is 9.97. The monoisotopic (exact) mass is 338 g/mol. The first kappa shape index (κ1) is 16.9. The van der Waals surface area contributed by atoms with E-state index in [4.69, 9.17) is 4.74 Å². The second-order valence-corrected chi connectivity index (χ2v) is 8.51. The predicted molar refractivity (Wildman–Crippen MR) is 89.9 cm³/mol. The highest BCUT2D eigenvalue weighted by Crippen LogP contribution is 2.25. The van der Waals surface area contributed by atoms with Gasteiger partial charge >= 0.3 is 0 Å². The molecule has 1 aromatic carbocycles. The topological polar surface area (TPSA) is 49.9 Å². The van der Waals surface area contributed by atoms with Gasteiger partial charge in [0.1, 0.15) is 0 Å². The maximum absolute atomic E-state index is 12.7. The Morgan fingerprint density at radius 1 is 1.13 bits per heavy atom. The molecule has 0 amide bonds. The molecule has 0 atom stereocenters. The summed E-state index contributed by atoms with van der Waals surface area (Å²) in [5.74, 6) is 0.594. The second-order valence-electron chi connectivity index (χ2n) is 6.58. The number of hydrogen-bond acceptors (Lipinski definition) is 4. The van der Waals surface area contributed by atoms with Gasteiger partial charge in [0, 0.05) is 32.7 Å². The predicted octanol–water partition coefficient (Wildman–Crippen LogP) is 1.73. The van der Waals surface area contributed by atoms with Crippen LogP contribution in [0.5, 0.6) is 0 Å². The first-order valence-electron chi connectivity index (χ1n) is 8.42. The van der Waals surface area contributed by atoms with Gasteiger partial charge in [0.15, 0.2) is 0 Å². The number of nitrogens with zero attached hydrogens (tertiary/aromatic N) is 2. The van der Waals surface area contributed by atoms with E-state index in [2.05, 4.69) is 4.90 Å². The van der Waals surface area contributed by atoms with Crippen LogP contribution in [0.1, 0.15) is 18.4 Å². The average molecular weight is 338 g/mol. The SMILES string of the molecule is Cc1cccc(S(=O)(=O)N2CCC(CN3CCOCC3)CC2)c1. The number of sulfonamides is 1. The number of morpholine rings is 1. The Kier molecular flexibility index (Phi) is 5.36. The van der Waals surface area contributed by atoms with Crippen LogP contribution in [0.2, 0.25) is 0 Å². The van der Waals surface area contributed by atoms with Gasteiger partial charge in [0.05, 0.1) is 18.1 Å². The molecule has 0 N–H and O–H groups in total. The fraction of sp³-hybridized carbons (Fsp3) is 0.647. The molecule has 0 spiro atoms. The highest BCUT2D eigenvalue weighted by atomic mass is 32.2. The van der Waals surface area contributed by atoms with Crippen molar-refractivity contribution in [1.82, 2.24) is 9.21 Å². The van der Waals surface area contributed by atoms with Crippen molar-refractivity contribution in [2.75, 3.05) is 45.9 Å². The van der Waals surface area contributed by atoms with Crippen LogP contribution in [0.25, 0.3) is 0 Å². The number of benzene rings is 1. The first-order valence-corrected chi connectivity index (χ1v) is 9.86. The summed E-state index contributed by atoms with van der Waals surface area (Å²) in [4.78, 5) is 2.86. The third-order valence-electron chi connectivity index (χ3n) is 4.82. The Bertz CT molecular complexity index is 618. The van der Waals surface area contributed by atoms with E-state index in [1.54, 1.807) is 16.4 Å². The minimum Gasteiger partial charge on any atom is -0.379 e. The van der Waals surface area contributed by atoms with Crippen molar-refractivity contribution >= 4 is 10.0 Å². The van der Waals surface area contributed by atoms with Crippen LogP contribution in [0.4, 0.5) is 0 Å². The third-order valence-corrected chi connectivity index (χ3v) is 6.72. The van der Waals surface area contributed by atoms with Gasteiger partial charge in [-0.05, 0) is 43.4 Å². The lowest BCUT2D eigenvalue weighted by Gasteiger charge is -2.35. The molecule has 2 aliphatic rings. The fourth-order valence-electron chi connectivity index (χ4n) is 3.41. The van der Waals surface area contributed by atoms with Crippen LogP contribution in [-0.2, 0) is 14.8 Å². The molecule has 0 saturated carbocycles. The van der Waals surface area contributed by atoms with Gasteiger partial charge in [-0.3, -0.25) is 4.90 Å². The van der Waals surface area contributed by atoms with Crippen molar-refractivity contribution in [2.45, 2.75) is 24.7 Å². The molecule has 1 aromatic rings. The summed E-state index contributed by atoms with van der Waals surface area (Å²) in [7, 11) is -3.34. The Hall–Kier alpha value is -0.950. The van der Waals surface area contributed by atoms with Crippen LogP contribution < -0.4 is 0 Å². The minimum atomic E-state index is -3.34. The number of rotatable bonds is 4. The summed E-state index contributed by atoms with van der Waals surface area (Å²) >= 11 is 0. The van der Waals surface area contributed by atoms with Gasteiger partial charge in [-0.1, -0.05) is 12.1 Å². The quantitative estimate of drug-likeness (QED) is 0.839. The lowest BCUT2D eigenvalue weighted by molar-refractivity contribution is 0.0269. The van der Waals surface area contributed by atoms with Crippen molar-refractivity contribution in [3.63, 3.8) is 0 Å². The summed E-state index contributed by atoms with van der Waals surface area (Å²) in [6.45, 7) is 7.90. The smallest absolute Gasteiger partial charge is 0.243 e. The van der Waals surface area contributed by atoms with Crippen LogP contribution in [-0.4, -0.2) is 63.6 Å². The molecular weight excluding hydrogens is 312 g/mol. The molecule has 2 saturated heterocycles. The summed E-state index contributed by atoms with van der Waals surface area (Å²) in [6, 6.07) is 7.19. The molecule has 0 aliphatic carbocycles. The van der Waals surface area contributed by atoms with Gasteiger partial charge < -0.3 is 4.74 Å². The van der Waals surface area contributed by atoms with Crippen molar-refractivity contribution < 1.29 is 13.2 Å². The van der Waals surface area contributed by atoms with Crippen molar-refractivity contribution in [3.05, 3.63) is 29.8 Å². The highest BCUT2D eigenvalue weighted by molar-refractivity contribution is 7.89. The maximum atomic E-state index is 12.7. The third kappa shape index (κ3) is 4.12. The number of piperidine rings is 1. The Morgan fingerprint density at radius 3 is 2.48 bits per heavy atom. The van der Waals surface area contributed by atoms with Crippen molar-refractivity contribution in [2.24, 2.45) is 5.92 Å². The van der Waals surface area contributed by atoms with E-state index in [1.165, 1.54) is 0 Å². The van der Waals surface area contributed by atoms with E-state index < -0.39 is 10.0 Å². The van der Waals surface area contributed by atoms with E-state index >= 15 is 0 Å². The van der Waals surface area contributed by atoms with Gasteiger partial charge in [-0.25, -0.2) is 8.42 Å². The summed E-state index contributed by atoms with van der Waals surface area (Å²) in [6.07, 6.45) is 1.89. The zero-order valence-electron chi connectivity index (χ0n) is 13.8.